The average molecular weight is 297 g/mol. The van der Waals surface area contributed by atoms with E-state index in [4.69, 9.17) is 5.73 Å². The van der Waals surface area contributed by atoms with E-state index in [1.54, 1.807) is 0 Å². The normalized spacial score (nSPS) is 21.0. The highest BCUT2D eigenvalue weighted by Crippen LogP contribution is 2.20. The van der Waals surface area contributed by atoms with Gasteiger partial charge in [-0.3, -0.25) is 9.69 Å². The van der Waals surface area contributed by atoms with Gasteiger partial charge in [-0.05, 0) is 38.4 Å². The molecule has 1 amide bonds. The summed E-state index contributed by atoms with van der Waals surface area (Å²) in [6.07, 6.45) is 3.04. The summed E-state index contributed by atoms with van der Waals surface area (Å²) in [7, 11) is 0. The van der Waals surface area contributed by atoms with Gasteiger partial charge in [-0.1, -0.05) is 12.5 Å². The lowest BCUT2D eigenvalue weighted by Crippen LogP contribution is -2.51. The molecule has 1 heterocycles. The Kier molecular flexibility index (Phi) is 5.25. The van der Waals surface area contributed by atoms with Crippen molar-refractivity contribution in [2.75, 3.05) is 18.4 Å². The summed E-state index contributed by atoms with van der Waals surface area (Å²) in [6.45, 7) is 2.79. The third-order valence-corrected chi connectivity index (χ3v) is 3.85. The highest BCUT2D eigenvalue weighted by Gasteiger charge is 2.27. The fraction of sp³-hybridized carbons (Fsp3) is 0.533. The third-order valence-electron chi connectivity index (χ3n) is 3.85. The van der Waals surface area contributed by atoms with E-state index in [1.807, 2.05) is 11.8 Å². The minimum atomic E-state index is -0.772. The number of likely N-dealkylation sites (tertiary alicyclic amines) is 1. The maximum Gasteiger partial charge on any atom is 0.238 e. The van der Waals surface area contributed by atoms with Gasteiger partial charge in [-0.15, -0.1) is 0 Å². The Bertz CT molecular complexity index is 487. The number of piperidine rings is 1. The van der Waals surface area contributed by atoms with Crippen molar-refractivity contribution in [3.8, 4) is 0 Å². The molecule has 2 unspecified atom stereocenters. The van der Waals surface area contributed by atoms with Crippen LogP contribution in [-0.2, 0) is 4.79 Å². The van der Waals surface area contributed by atoms with Gasteiger partial charge in [0, 0.05) is 12.1 Å². The first-order valence-corrected chi connectivity index (χ1v) is 7.22. The molecular formula is C15H21F2N3O. The molecule has 0 radical (unpaired) electrons. The zero-order valence-corrected chi connectivity index (χ0v) is 12.1. The number of para-hydroxylation sites is 1. The van der Waals surface area contributed by atoms with Crippen LogP contribution < -0.4 is 11.1 Å². The zero-order valence-electron chi connectivity index (χ0n) is 12.1. The van der Waals surface area contributed by atoms with Crippen LogP contribution in [0.5, 0.6) is 0 Å². The molecule has 1 fully saturated rings. The number of carbonyl (C=O) groups excluding carboxylic acids is 1. The zero-order chi connectivity index (χ0) is 15.4. The molecule has 0 spiro atoms. The molecular weight excluding hydrogens is 276 g/mol. The van der Waals surface area contributed by atoms with Crippen LogP contribution in [0.25, 0.3) is 0 Å². The lowest BCUT2D eigenvalue weighted by Gasteiger charge is -2.37. The van der Waals surface area contributed by atoms with E-state index in [-0.39, 0.29) is 18.6 Å². The van der Waals surface area contributed by atoms with Crippen LogP contribution in [0.15, 0.2) is 18.2 Å². The van der Waals surface area contributed by atoms with Crippen molar-refractivity contribution in [3.05, 3.63) is 29.8 Å². The SMILES string of the molecule is CC(N)C1CCCCN1CC(=O)Nc1c(F)cccc1F. The monoisotopic (exact) mass is 297 g/mol. The predicted molar refractivity (Wildman–Crippen MR) is 77.8 cm³/mol. The number of anilines is 1. The number of halogens is 2. The molecule has 1 aromatic rings. The van der Waals surface area contributed by atoms with Crippen LogP contribution in [0.3, 0.4) is 0 Å². The first-order valence-electron chi connectivity index (χ1n) is 7.22. The molecule has 0 aliphatic carbocycles. The van der Waals surface area contributed by atoms with E-state index >= 15 is 0 Å². The molecule has 2 atom stereocenters. The number of hydrogen-bond acceptors (Lipinski definition) is 3. The summed E-state index contributed by atoms with van der Waals surface area (Å²) < 4.78 is 27.0. The first kappa shape index (κ1) is 15.9. The van der Waals surface area contributed by atoms with Crippen LogP contribution in [-0.4, -0.2) is 36.0 Å². The van der Waals surface area contributed by atoms with Crippen LogP contribution in [0.1, 0.15) is 26.2 Å². The fourth-order valence-electron chi connectivity index (χ4n) is 2.79. The molecule has 1 aliphatic heterocycles. The summed E-state index contributed by atoms with van der Waals surface area (Å²) in [4.78, 5) is 14.0. The maximum atomic E-state index is 13.5. The number of amides is 1. The number of carbonyl (C=O) groups is 1. The topological polar surface area (TPSA) is 58.4 Å². The van der Waals surface area contributed by atoms with Crippen molar-refractivity contribution < 1.29 is 13.6 Å². The van der Waals surface area contributed by atoms with E-state index in [1.165, 1.54) is 6.07 Å². The van der Waals surface area contributed by atoms with Crippen molar-refractivity contribution in [2.24, 2.45) is 5.73 Å². The molecule has 1 saturated heterocycles. The van der Waals surface area contributed by atoms with Gasteiger partial charge < -0.3 is 11.1 Å². The van der Waals surface area contributed by atoms with Gasteiger partial charge >= 0.3 is 0 Å². The summed E-state index contributed by atoms with van der Waals surface area (Å²) in [6, 6.07) is 3.59. The molecule has 1 aliphatic rings. The van der Waals surface area contributed by atoms with E-state index in [0.717, 1.165) is 37.9 Å². The largest absolute Gasteiger partial charge is 0.327 e. The van der Waals surface area contributed by atoms with E-state index in [9.17, 15) is 13.6 Å². The van der Waals surface area contributed by atoms with Crippen molar-refractivity contribution >= 4 is 11.6 Å². The van der Waals surface area contributed by atoms with Gasteiger partial charge in [0.1, 0.15) is 17.3 Å². The number of rotatable bonds is 4. The van der Waals surface area contributed by atoms with Gasteiger partial charge in [0.2, 0.25) is 5.91 Å². The van der Waals surface area contributed by atoms with Gasteiger partial charge in [0.25, 0.3) is 0 Å². The van der Waals surface area contributed by atoms with Crippen molar-refractivity contribution in [1.29, 1.82) is 0 Å². The summed E-state index contributed by atoms with van der Waals surface area (Å²) >= 11 is 0. The van der Waals surface area contributed by atoms with E-state index in [0.29, 0.717) is 0 Å². The molecule has 4 nitrogen and oxygen atoms in total. The molecule has 6 heteroatoms. The Morgan fingerprint density at radius 1 is 1.43 bits per heavy atom. The quantitative estimate of drug-likeness (QED) is 0.895. The number of nitrogens with zero attached hydrogens (tertiary/aromatic N) is 1. The van der Waals surface area contributed by atoms with Crippen LogP contribution in [0.2, 0.25) is 0 Å². The molecule has 116 valence electrons. The molecule has 0 aromatic heterocycles. The van der Waals surface area contributed by atoms with E-state index in [2.05, 4.69) is 5.32 Å². The minimum absolute atomic E-state index is 0.0386. The molecule has 3 N–H and O–H groups in total. The predicted octanol–water partition coefficient (Wildman–Crippen LogP) is 2.10. The second kappa shape index (κ2) is 6.95. The average Bonchev–Trinajstić information content (AvgIpc) is 2.43. The van der Waals surface area contributed by atoms with Gasteiger partial charge in [0.05, 0.1) is 6.54 Å². The number of nitrogens with two attached hydrogens (primary N) is 1. The summed E-state index contributed by atoms with van der Waals surface area (Å²) in [5, 5.41) is 2.31. The Labute approximate surface area is 123 Å². The lowest BCUT2D eigenvalue weighted by atomic mass is 9.97. The van der Waals surface area contributed by atoms with Gasteiger partial charge in [-0.2, -0.15) is 0 Å². The third kappa shape index (κ3) is 3.98. The van der Waals surface area contributed by atoms with Gasteiger partial charge in [-0.25, -0.2) is 8.78 Å². The Morgan fingerprint density at radius 2 is 2.10 bits per heavy atom. The molecule has 1 aromatic carbocycles. The summed E-state index contributed by atoms with van der Waals surface area (Å²) in [5.74, 6) is -1.97. The highest BCUT2D eigenvalue weighted by atomic mass is 19.1. The van der Waals surface area contributed by atoms with Crippen LogP contribution in [0, 0.1) is 11.6 Å². The fourth-order valence-corrected chi connectivity index (χ4v) is 2.79. The highest BCUT2D eigenvalue weighted by molar-refractivity contribution is 5.92. The van der Waals surface area contributed by atoms with Crippen molar-refractivity contribution in [2.45, 2.75) is 38.3 Å². The second-order valence-electron chi connectivity index (χ2n) is 5.54. The number of benzene rings is 1. The van der Waals surface area contributed by atoms with Crippen molar-refractivity contribution in [1.82, 2.24) is 4.90 Å². The standard InChI is InChI=1S/C15H21F2N3O/c1-10(18)13-7-2-3-8-20(13)9-14(21)19-15-11(16)5-4-6-12(15)17/h4-6,10,13H,2-3,7-9,18H2,1H3,(H,19,21). The molecule has 0 bridgehead atoms. The minimum Gasteiger partial charge on any atom is -0.327 e. The maximum absolute atomic E-state index is 13.5. The first-order chi connectivity index (χ1) is 9.99. The lowest BCUT2D eigenvalue weighted by molar-refractivity contribution is -0.118. The molecule has 21 heavy (non-hydrogen) atoms. The smallest absolute Gasteiger partial charge is 0.238 e. The Balaban J connectivity index is 2.01. The van der Waals surface area contributed by atoms with Crippen LogP contribution in [0.4, 0.5) is 14.5 Å². The second-order valence-corrected chi connectivity index (χ2v) is 5.54. The Morgan fingerprint density at radius 3 is 2.71 bits per heavy atom. The van der Waals surface area contributed by atoms with Gasteiger partial charge in [0.15, 0.2) is 0 Å². The van der Waals surface area contributed by atoms with Crippen LogP contribution >= 0.6 is 0 Å². The van der Waals surface area contributed by atoms with Crippen molar-refractivity contribution in [3.63, 3.8) is 0 Å². The number of nitrogens with one attached hydrogen (secondary N) is 1. The molecule has 2 rings (SSSR count). The molecule has 0 saturated carbocycles. The Hall–Kier alpha value is -1.53. The number of hydrogen-bond donors (Lipinski definition) is 2. The summed E-state index contributed by atoms with van der Waals surface area (Å²) in [5.41, 5.74) is 5.55. The van der Waals surface area contributed by atoms with E-state index < -0.39 is 23.2 Å².